The quantitative estimate of drug-likeness (QED) is 0.684. The van der Waals surface area contributed by atoms with Gasteiger partial charge in [-0.25, -0.2) is 4.79 Å². The summed E-state index contributed by atoms with van der Waals surface area (Å²) in [5.74, 6) is -0.734. The summed E-state index contributed by atoms with van der Waals surface area (Å²) in [6, 6.07) is 16.3. The van der Waals surface area contributed by atoms with Gasteiger partial charge in [0.1, 0.15) is 0 Å². The van der Waals surface area contributed by atoms with Crippen molar-refractivity contribution in [1.82, 2.24) is 5.32 Å². The molecular formula is C18H19NO3S. The SMILES string of the molecule is O=C(O)c1ccc(CNC(=O)C(CS)Cc2ccccc2)cc1. The molecule has 0 radical (unpaired) electrons. The number of carboxylic acid groups (broad SMARTS) is 1. The van der Waals surface area contributed by atoms with Crippen LogP contribution in [0, 0.1) is 5.92 Å². The average molecular weight is 329 g/mol. The Morgan fingerprint density at radius 2 is 1.65 bits per heavy atom. The maximum Gasteiger partial charge on any atom is 0.335 e. The number of carbonyl (C=O) groups excluding carboxylic acids is 1. The maximum atomic E-state index is 12.3. The molecule has 0 saturated heterocycles. The number of hydrogen-bond acceptors (Lipinski definition) is 3. The Morgan fingerprint density at radius 3 is 2.22 bits per heavy atom. The molecule has 0 aliphatic rings. The number of aromatic carboxylic acids is 1. The number of benzene rings is 2. The molecule has 0 aliphatic carbocycles. The Labute approximate surface area is 141 Å². The van der Waals surface area contributed by atoms with Crippen LogP contribution in [-0.4, -0.2) is 22.7 Å². The molecule has 5 heteroatoms. The maximum absolute atomic E-state index is 12.3. The van der Waals surface area contributed by atoms with Crippen molar-refractivity contribution in [2.24, 2.45) is 5.92 Å². The molecule has 23 heavy (non-hydrogen) atoms. The van der Waals surface area contributed by atoms with Crippen LogP contribution in [0.4, 0.5) is 0 Å². The van der Waals surface area contributed by atoms with Gasteiger partial charge in [-0.3, -0.25) is 4.79 Å². The van der Waals surface area contributed by atoms with Gasteiger partial charge in [-0.05, 0) is 29.7 Å². The fraction of sp³-hybridized carbons (Fsp3) is 0.222. The van der Waals surface area contributed by atoms with Gasteiger partial charge in [0, 0.05) is 12.3 Å². The van der Waals surface area contributed by atoms with Gasteiger partial charge >= 0.3 is 5.97 Å². The molecule has 2 aromatic carbocycles. The largest absolute Gasteiger partial charge is 0.478 e. The minimum absolute atomic E-state index is 0.0498. The summed E-state index contributed by atoms with van der Waals surface area (Å²) in [6.45, 7) is 0.373. The minimum atomic E-state index is -0.960. The summed E-state index contributed by atoms with van der Waals surface area (Å²) < 4.78 is 0. The molecule has 0 bridgehead atoms. The molecule has 2 N–H and O–H groups in total. The van der Waals surface area contributed by atoms with E-state index >= 15 is 0 Å². The van der Waals surface area contributed by atoms with E-state index in [0.717, 1.165) is 11.1 Å². The standard InChI is InChI=1S/C18H19NO3S/c20-17(16(12-23)10-13-4-2-1-3-5-13)19-11-14-6-8-15(9-7-14)18(21)22/h1-9,16,23H,10-12H2,(H,19,20)(H,21,22). The highest BCUT2D eigenvalue weighted by Crippen LogP contribution is 2.11. The van der Waals surface area contributed by atoms with Crippen molar-refractivity contribution in [3.05, 3.63) is 71.3 Å². The predicted molar refractivity (Wildman–Crippen MR) is 92.7 cm³/mol. The van der Waals surface area contributed by atoms with Crippen LogP contribution < -0.4 is 5.32 Å². The van der Waals surface area contributed by atoms with Crippen LogP contribution in [0.1, 0.15) is 21.5 Å². The molecule has 1 unspecified atom stereocenters. The van der Waals surface area contributed by atoms with Crippen LogP contribution in [0.15, 0.2) is 54.6 Å². The lowest BCUT2D eigenvalue weighted by atomic mass is 10.00. The van der Waals surface area contributed by atoms with Crippen molar-refractivity contribution in [1.29, 1.82) is 0 Å². The lowest BCUT2D eigenvalue weighted by Crippen LogP contribution is -2.32. The van der Waals surface area contributed by atoms with E-state index in [0.29, 0.717) is 18.7 Å². The zero-order valence-corrected chi connectivity index (χ0v) is 13.5. The van der Waals surface area contributed by atoms with E-state index in [-0.39, 0.29) is 17.4 Å². The predicted octanol–water partition coefficient (Wildman–Crippen LogP) is 2.79. The van der Waals surface area contributed by atoms with E-state index < -0.39 is 5.97 Å². The Morgan fingerprint density at radius 1 is 1.00 bits per heavy atom. The van der Waals surface area contributed by atoms with Gasteiger partial charge in [0.2, 0.25) is 5.91 Å². The van der Waals surface area contributed by atoms with Crippen LogP contribution >= 0.6 is 12.6 Å². The average Bonchev–Trinajstić information content (AvgIpc) is 2.58. The molecule has 2 rings (SSSR count). The summed E-state index contributed by atoms with van der Waals surface area (Å²) >= 11 is 4.28. The third-order valence-corrected chi connectivity index (χ3v) is 4.02. The van der Waals surface area contributed by atoms with E-state index in [1.165, 1.54) is 12.1 Å². The van der Waals surface area contributed by atoms with Gasteiger partial charge in [-0.2, -0.15) is 12.6 Å². The zero-order valence-electron chi connectivity index (χ0n) is 12.6. The molecule has 0 aliphatic heterocycles. The number of rotatable bonds is 7. The molecule has 0 fully saturated rings. The summed E-state index contributed by atoms with van der Waals surface area (Å²) in [5, 5.41) is 11.7. The second-order valence-electron chi connectivity index (χ2n) is 5.29. The number of thiol groups is 1. The Bertz CT molecular complexity index is 656. The van der Waals surface area contributed by atoms with Gasteiger partial charge in [0.25, 0.3) is 0 Å². The molecular weight excluding hydrogens is 310 g/mol. The summed E-state index contributed by atoms with van der Waals surface area (Å²) in [7, 11) is 0. The van der Waals surface area contributed by atoms with Crippen LogP contribution in [0.3, 0.4) is 0 Å². The number of carboxylic acids is 1. The number of amides is 1. The molecule has 0 spiro atoms. The third-order valence-electron chi connectivity index (χ3n) is 3.58. The van der Waals surface area contributed by atoms with Gasteiger partial charge in [0.05, 0.1) is 11.5 Å². The minimum Gasteiger partial charge on any atom is -0.478 e. The van der Waals surface area contributed by atoms with E-state index in [1.807, 2.05) is 30.3 Å². The van der Waals surface area contributed by atoms with E-state index in [2.05, 4.69) is 17.9 Å². The highest BCUT2D eigenvalue weighted by molar-refractivity contribution is 7.80. The van der Waals surface area contributed by atoms with Crippen molar-refractivity contribution in [3.8, 4) is 0 Å². The highest BCUT2D eigenvalue weighted by Gasteiger charge is 2.17. The molecule has 0 heterocycles. The molecule has 1 amide bonds. The van der Waals surface area contributed by atoms with Crippen molar-refractivity contribution >= 4 is 24.5 Å². The Balaban J connectivity index is 1.90. The molecule has 0 aromatic heterocycles. The van der Waals surface area contributed by atoms with Crippen LogP contribution in [0.5, 0.6) is 0 Å². The van der Waals surface area contributed by atoms with Crippen molar-refractivity contribution in [2.45, 2.75) is 13.0 Å². The second-order valence-corrected chi connectivity index (χ2v) is 5.65. The van der Waals surface area contributed by atoms with Crippen LogP contribution in [0.25, 0.3) is 0 Å². The Kier molecular flexibility index (Phi) is 6.23. The van der Waals surface area contributed by atoms with Crippen LogP contribution in [-0.2, 0) is 17.8 Å². The molecule has 120 valence electrons. The van der Waals surface area contributed by atoms with Gasteiger partial charge in [-0.1, -0.05) is 42.5 Å². The first kappa shape index (κ1) is 17.1. The Hall–Kier alpha value is -2.27. The first-order chi connectivity index (χ1) is 11.1. The highest BCUT2D eigenvalue weighted by atomic mass is 32.1. The monoisotopic (exact) mass is 329 g/mol. The lowest BCUT2D eigenvalue weighted by molar-refractivity contribution is -0.124. The second kappa shape index (κ2) is 8.39. The lowest BCUT2D eigenvalue weighted by Gasteiger charge is -2.15. The van der Waals surface area contributed by atoms with Crippen LogP contribution in [0.2, 0.25) is 0 Å². The van der Waals surface area contributed by atoms with Gasteiger partial charge < -0.3 is 10.4 Å². The molecule has 1 atom stereocenters. The first-order valence-electron chi connectivity index (χ1n) is 7.35. The smallest absolute Gasteiger partial charge is 0.335 e. The first-order valence-corrected chi connectivity index (χ1v) is 7.98. The normalized spacial score (nSPS) is 11.7. The van der Waals surface area contributed by atoms with Crippen molar-refractivity contribution < 1.29 is 14.7 Å². The number of hydrogen-bond donors (Lipinski definition) is 3. The molecule has 4 nitrogen and oxygen atoms in total. The number of nitrogens with one attached hydrogen (secondary N) is 1. The van der Waals surface area contributed by atoms with Gasteiger partial charge in [0.15, 0.2) is 0 Å². The van der Waals surface area contributed by atoms with Gasteiger partial charge in [-0.15, -0.1) is 0 Å². The zero-order chi connectivity index (χ0) is 16.7. The van der Waals surface area contributed by atoms with E-state index in [9.17, 15) is 9.59 Å². The topological polar surface area (TPSA) is 66.4 Å². The van der Waals surface area contributed by atoms with Crippen molar-refractivity contribution in [3.63, 3.8) is 0 Å². The summed E-state index contributed by atoms with van der Waals surface area (Å²) in [6.07, 6.45) is 0.647. The molecule has 0 saturated carbocycles. The third kappa shape index (κ3) is 5.14. The van der Waals surface area contributed by atoms with Crippen molar-refractivity contribution in [2.75, 3.05) is 5.75 Å². The summed E-state index contributed by atoms with van der Waals surface area (Å²) in [5.41, 5.74) is 2.20. The fourth-order valence-electron chi connectivity index (χ4n) is 2.24. The summed E-state index contributed by atoms with van der Waals surface area (Å²) in [4.78, 5) is 23.1. The van der Waals surface area contributed by atoms with E-state index in [4.69, 9.17) is 5.11 Å². The fourth-order valence-corrected chi connectivity index (χ4v) is 2.53. The number of carbonyl (C=O) groups is 2. The van der Waals surface area contributed by atoms with E-state index in [1.54, 1.807) is 12.1 Å². The molecule has 2 aromatic rings.